The predicted molar refractivity (Wildman–Crippen MR) is 124 cm³/mol. The van der Waals surface area contributed by atoms with Crippen LogP contribution in [0.5, 0.6) is 5.75 Å². The number of nitrogens with zero attached hydrogens (tertiary/aromatic N) is 2. The molecule has 1 fully saturated rings. The van der Waals surface area contributed by atoms with E-state index < -0.39 is 6.61 Å². The van der Waals surface area contributed by atoms with Crippen LogP contribution in [0.2, 0.25) is 0 Å². The van der Waals surface area contributed by atoms with Crippen molar-refractivity contribution in [1.82, 2.24) is 9.80 Å². The van der Waals surface area contributed by atoms with Gasteiger partial charge < -0.3 is 19.4 Å². The monoisotopic (exact) mass is 475 g/mol. The number of anilines is 1. The average Bonchev–Trinajstić information content (AvgIpc) is 3.47. The number of thiophene rings is 1. The molecule has 3 aromatic rings. The topological polar surface area (TPSA) is 58.0 Å². The first-order chi connectivity index (χ1) is 15.9. The van der Waals surface area contributed by atoms with Crippen LogP contribution in [0.25, 0.3) is 0 Å². The minimum absolute atomic E-state index is 0.122. The Labute approximate surface area is 195 Å². The molecule has 1 atom stereocenters. The summed E-state index contributed by atoms with van der Waals surface area (Å²) in [5, 5.41) is 3.80. The number of halogens is 2. The second-order valence-electron chi connectivity index (χ2n) is 7.97. The molecule has 1 aromatic carbocycles. The van der Waals surface area contributed by atoms with Crippen molar-refractivity contribution in [3.63, 3.8) is 0 Å². The van der Waals surface area contributed by atoms with E-state index in [1.54, 1.807) is 35.6 Å². The van der Waals surface area contributed by atoms with Gasteiger partial charge in [-0.15, -0.1) is 11.3 Å². The van der Waals surface area contributed by atoms with Crippen molar-refractivity contribution in [2.24, 2.45) is 0 Å². The molecule has 0 radical (unpaired) electrons. The molecule has 0 bridgehead atoms. The van der Waals surface area contributed by atoms with Gasteiger partial charge in [0.2, 0.25) is 0 Å². The largest absolute Gasteiger partial charge is 0.459 e. The lowest BCUT2D eigenvalue weighted by molar-refractivity contribution is -0.0498. The Morgan fingerprint density at radius 2 is 1.91 bits per heavy atom. The fourth-order valence-electron chi connectivity index (χ4n) is 4.00. The van der Waals surface area contributed by atoms with Crippen molar-refractivity contribution in [3.8, 4) is 5.75 Å². The van der Waals surface area contributed by atoms with Crippen molar-refractivity contribution in [1.29, 1.82) is 0 Å². The fourth-order valence-corrected chi connectivity index (χ4v) is 5.03. The first-order valence-corrected chi connectivity index (χ1v) is 11.7. The standard InChI is InChI=1S/C24H27F2N3O3S/c1-3-18-15-19(23(33-18)27-22(30)20-5-4-14-31-20)21(29-12-10-28(2)11-13-29)16-6-8-17(9-7-16)32-24(25)26/h4-9,14-15,21,24H,3,10-13H2,1-2H3,(H,27,30). The molecule has 1 saturated heterocycles. The van der Waals surface area contributed by atoms with Crippen molar-refractivity contribution in [2.75, 3.05) is 38.5 Å². The Morgan fingerprint density at radius 3 is 2.52 bits per heavy atom. The number of hydrogen-bond donors (Lipinski definition) is 1. The number of aryl methyl sites for hydroxylation is 1. The highest BCUT2D eigenvalue weighted by Gasteiger charge is 2.29. The number of rotatable bonds is 8. The van der Waals surface area contributed by atoms with Gasteiger partial charge in [-0.05, 0) is 49.4 Å². The molecule has 33 heavy (non-hydrogen) atoms. The van der Waals surface area contributed by atoms with Crippen molar-refractivity contribution < 1.29 is 22.7 Å². The van der Waals surface area contributed by atoms with Crippen LogP contribution < -0.4 is 10.1 Å². The molecule has 0 aliphatic carbocycles. The second-order valence-corrected chi connectivity index (χ2v) is 9.11. The SMILES string of the molecule is CCc1cc(C(c2ccc(OC(F)F)cc2)N2CCN(C)CC2)c(NC(=O)c2ccco2)s1. The van der Waals surface area contributed by atoms with Gasteiger partial charge in [0.1, 0.15) is 10.8 Å². The summed E-state index contributed by atoms with van der Waals surface area (Å²) >= 11 is 1.55. The van der Waals surface area contributed by atoms with E-state index in [-0.39, 0.29) is 23.5 Å². The third kappa shape index (κ3) is 5.61. The van der Waals surface area contributed by atoms with Gasteiger partial charge in [0, 0.05) is 36.6 Å². The Morgan fingerprint density at radius 1 is 1.18 bits per heavy atom. The first-order valence-electron chi connectivity index (χ1n) is 10.9. The van der Waals surface area contributed by atoms with E-state index in [9.17, 15) is 13.6 Å². The van der Waals surface area contributed by atoms with Crippen molar-refractivity contribution in [2.45, 2.75) is 26.0 Å². The number of benzene rings is 1. The molecule has 0 saturated carbocycles. The van der Waals surface area contributed by atoms with Crippen LogP contribution in [-0.4, -0.2) is 55.5 Å². The maximum atomic E-state index is 12.7. The third-order valence-electron chi connectivity index (χ3n) is 5.75. The summed E-state index contributed by atoms with van der Waals surface area (Å²) in [5.74, 6) is 0.0670. The molecule has 0 spiro atoms. The second kappa shape index (κ2) is 10.5. The number of likely N-dealkylation sites (N-methyl/N-ethyl adjacent to an activating group) is 1. The van der Waals surface area contributed by atoms with Crippen molar-refractivity contribution in [3.05, 3.63) is 70.5 Å². The van der Waals surface area contributed by atoms with Gasteiger partial charge in [-0.3, -0.25) is 9.69 Å². The van der Waals surface area contributed by atoms with Crippen molar-refractivity contribution >= 4 is 22.2 Å². The Balaban J connectivity index is 1.70. The molecule has 1 aliphatic heterocycles. The molecule has 6 nitrogen and oxygen atoms in total. The Hall–Kier alpha value is -2.75. The molecule has 2 aromatic heterocycles. The fraction of sp³-hybridized carbons (Fsp3) is 0.375. The van der Waals surface area contributed by atoms with Crippen LogP contribution in [0, 0.1) is 0 Å². The zero-order chi connectivity index (χ0) is 23.4. The van der Waals surface area contributed by atoms with Gasteiger partial charge >= 0.3 is 6.61 Å². The van der Waals surface area contributed by atoms with E-state index in [1.807, 2.05) is 12.1 Å². The highest BCUT2D eigenvalue weighted by atomic mass is 32.1. The summed E-state index contributed by atoms with van der Waals surface area (Å²) in [6, 6.07) is 12.1. The lowest BCUT2D eigenvalue weighted by Crippen LogP contribution is -2.46. The summed E-state index contributed by atoms with van der Waals surface area (Å²) in [6.45, 7) is 2.74. The molecular weight excluding hydrogens is 448 g/mol. The average molecular weight is 476 g/mol. The van der Waals surface area contributed by atoms with E-state index in [1.165, 1.54) is 6.26 Å². The molecule has 1 amide bonds. The maximum absolute atomic E-state index is 12.7. The molecule has 1 unspecified atom stereocenters. The normalized spacial score (nSPS) is 16.2. The van der Waals surface area contributed by atoms with Crippen LogP contribution in [0.3, 0.4) is 0 Å². The van der Waals surface area contributed by atoms with E-state index in [0.717, 1.165) is 53.6 Å². The lowest BCUT2D eigenvalue weighted by atomic mass is 9.97. The van der Waals surface area contributed by atoms with Gasteiger partial charge in [0.15, 0.2) is 5.76 Å². The van der Waals surface area contributed by atoms with E-state index >= 15 is 0 Å². The summed E-state index contributed by atoms with van der Waals surface area (Å²) in [5.41, 5.74) is 1.94. The van der Waals surface area contributed by atoms with Crippen LogP contribution in [-0.2, 0) is 6.42 Å². The van der Waals surface area contributed by atoms with Gasteiger partial charge in [-0.2, -0.15) is 8.78 Å². The zero-order valence-electron chi connectivity index (χ0n) is 18.6. The van der Waals surface area contributed by atoms with Crippen LogP contribution in [0.1, 0.15) is 39.5 Å². The number of ether oxygens (including phenoxy) is 1. The lowest BCUT2D eigenvalue weighted by Gasteiger charge is -2.38. The highest BCUT2D eigenvalue weighted by Crippen LogP contribution is 2.40. The van der Waals surface area contributed by atoms with E-state index in [0.29, 0.717) is 0 Å². The minimum Gasteiger partial charge on any atom is -0.459 e. The van der Waals surface area contributed by atoms with Gasteiger partial charge in [-0.1, -0.05) is 19.1 Å². The smallest absolute Gasteiger partial charge is 0.387 e. The van der Waals surface area contributed by atoms with Gasteiger partial charge in [0.25, 0.3) is 5.91 Å². The molecule has 176 valence electrons. The third-order valence-corrected chi connectivity index (χ3v) is 6.96. The first kappa shape index (κ1) is 23.4. The number of carbonyl (C=O) groups excluding carboxylic acids is 1. The predicted octanol–water partition coefficient (Wildman–Crippen LogP) is 5.09. The van der Waals surface area contributed by atoms with E-state index in [4.69, 9.17) is 4.42 Å². The maximum Gasteiger partial charge on any atom is 0.387 e. The quantitative estimate of drug-likeness (QED) is 0.492. The summed E-state index contributed by atoms with van der Waals surface area (Å²) in [6.07, 6.45) is 2.31. The summed E-state index contributed by atoms with van der Waals surface area (Å²) < 4.78 is 35.0. The molecule has 1 aliphatic rings. The number of furan rings is 1. The molecule has 9 heteroatoms. The minimum atomic E-state index is -2.86. The number of amides is 1. The van der Waals surface area contributed by atoms with E-state index in [2.05, 4.69) is 39.9 Å². The van der Waals surface area contributed by atoms with Crippen LogP contribution in [0.15, 0.2) is 53.1 Å². The molecule has 1 N–H and O–H groups in total. The number of piperazine rings is 1. The molecule has 4 rings (SSSR count). The highest BCUT2D eigenvalue weighted by molar-refractivity contribution is 7.16. The number of carbonyl (C=O) groups is 1. The van der Waals surface area contributed by atoms with Crippen LogP contribution >= 0.6 is 11.3 Å². The summed E-state index contributed by atoms with van der Waals surface area (Å²) in [4.78, 5) is 18.5. The Bertz CT molecular complexity index is 1050. The molecular formula is C24H27F2N3O3S. The van der Waals surface area contributed by atoms with Gasteiger partial charge in [0.05, 0.1) is 12.3 Å². The van der Waals surface area contributed by atoms with Gasteiger partial charge in [-0.25, -0.2) is 0 Å². The molecule has 3 heterocycles. The summed E-state index contributed by atoms with van der Waals surface area (Å²) in [7, 11) is 2.09. The number of hydrogen-bond acceptors (Lipinski definition) is 6. The number of nitrogens with one attached hydrogen (secondary N) is 1. The Kier molecular flexibility index (Phi) is 7.42. The zero-order valence-corrected chi connectivity index (χ0v) is 19.4. The van der Waals surface area contributed by atoms with Crippen LogP contribution in [0.4, 0.5) is 13.8 Å². The number of alkyl halides is 2.